The zero-order valence-electron chi connectivity index (χ0n) is 9.03. The number of Topliss-reactive ketones (excluding diaryl/α,β-unsaturated/α-hetero) is 1. The normalized spacial score (nSPS) is 29.4. The van der Waals surface area contributed by atoms with Crippen LogP contribution in [0, 0.1) is 5.41 Å². The van der Waals surface area contributed by atoms with E-state index in [4.69, 9.17) is 0 Å². The van der Waals surface area contributed by atoms with Crippen LogP contribution in [0.2, 0.25) is 0 Å². The molecule has 1 rings (SSSR count). The van der Waals surface area contributed by atoms with Crippen molar-refractivity contribution in [3.8, 4) is 0 Å². The molecule has 0 aromatic heterocycles. The third-order valence-electron chi connectivity index (χ3n) is 3.38. The minimum absolute atomic E-state index is 0.240. The van der Waals surface area contributed by atoms with Gasteiger partial charge in [0.25, 0.3) is 0 Å². The van der Waals surface area contributed by atoms with Crippen molar-refractivity contribution in [1.82, 2.24) is 0 Å². The molecule has 0 saturated carbocycles. The molecule has 1 nitrogen and oxygen atoms in total. The summed E-state index contributed by atoms with van der Waals surface area (Å²) in [5.41, 5.74) is 3.50. The maximum absolute atomic E-state index is 11.5. The van der Waals surface area contributed by atoms with Gasteiger partial charge in [0, 0.05) is 0 Å². The molecule has 0 amide bonds. The van der Waals surface area contributed by atoms with Crippen LogP contribution in [0.3, 0.4) is 0 Å². The largest absolute Gasteiger partial charge is 0.299 e. The molecule has 0 bridgehead atoms. The molecule has 13 heavy (non-hydrogen) atoms. The molecule has 1 unspecified atom stereocenters. The molecule has 0 aromatic carbocycles. The Morgan fingerprint density at radius 3 is 2.38 bits per heavy atom. The molecular weight excluding hydrogens is 160 g/mol. The molecule has 0 fully saturated rings. The van der Waals surface area contributed by atoms with Crippen LogP contribution in [-0.2, 0) is 4.79 Å². The average molecular weight is 178 g/mol. The minimum atomic E-state index is -0.302. The molecule has 0 radical (unpaired) electrons. The maximum atomic E-state index is 11.5. The predicted molar refractivity (Wildman–Crippen MR) is 55.5 cm³/mol. The smallest absolute Gasteiger partial charge is 0.140 e. The van der Waals surface area contributed by atoms with E-state index in [1.807, 2.05) is 6.92 Å². The molecule has 1 aliphatic rings. The van der Waals surface area contributed by atoms with E-state index in [1.54, 1.807) is 6.92 Å². The standard InChI is InChI=1S/C12H18O/c1-8-6-10(3)12(5,11(4)13)7-9(8)2/h3,6-7H2,1-2,4-5H3. The van der Waals surface area contributed by atoms with E-state index in [-0.39, 0.29) is 11.2 Å². The van der Waals surface area contributed by atoms with Crippen LogP contribution in [0.15, 0.2) is 23.3 Å². The highest BCUT2D eigenvalue weighted by Crippen LogP contribution is 2.42. The molecule has 1 heteroatoms. The van der Waals surface area contributed by atoms with E-state index in [9.17, 15) is 4.79 Å². The van der Waals surface area contributed by atoms with Crippen molar-refractivity contribution in [3.05, 3.63) is 23.3 Å². The number of ketones is 1. The fourth-order valence-corrected chi connectivity index (χ4v) is 1.85. The number of carbonyl (C=O) groups excluding carboxylic acids is 1. The average Bonchev–Trinajstić information content (AvgIpc) is 2.01. The van der Waals surface area contributed by atoms with Gasteiger partial charge in [-0.05, 0) is 40.5 Å². The summed E-state index contributed by atoms with van der Waals surface area (Å²) in [6.07, 6.45) is 1.74. The van der Waals surface area contributed by atoms with E-state index in [0.29, 0.717) is 0 Å². The van der Waals surface area contributed by atoms with Crippen molar-refractivity contribution in [2.75, 3.05) is 0 Å². The highest BCUT2D eigenvalue weighted by Gasteiger charge is 2.36. The molecular formula is C12H18O. The predicted octanol–water partition coefficient (Wildman–Crippen LogP) is 3.27. The zero-order chi connectivity index (χ0) is 10.2. The third-order valence-corrected chi connectivity index (χ3v) is 3.38. The van der Waals surface area contributed by atoms with Gasteiger partial charge in [-0.25, -0.2) is 0 Å². The van der Waals surface area contributed by atoms with Crippen molar-refractivity contribution >= 4 is 5.78 Å². The molecule has 0 spiro atoms. The Balaban J connectivity index is 3.07. The SMILES string of the molecule is C=C1CC(C)=C(C)CC1(C)C(C)=O. The van der Waals surface area contributed by atoms with Gasteiger partial charge >= 0.3 is 0 Å². The number of carbonyl (C=O) groups is 1. The van der Waals surface area contributed by atoms with E-state index in [2.05, 4.69) is 20.4 Å². The Hall–Kier alpha value is -0.850. The zero-order valence-corrected chi connectivity index (χ0v) is 9.03. The van der Waals surface area contributed by atoms with Gasteiger partial charge in [-0.1, -0.05) is 23.3 Å². The lowest BCUT2D eigenvalue weighted by Gasteiger charge is -2.35. The third kappa shape index (κ3) is 1.60. The molecule has 0 aromatic rings. The molecule has 0 N–H and O–H groups in total. The second-order valence-electron chi connectivity index (χ2n) is 4.41. The first-order valence-electron chi connectivity index (χ1n) is 4.72. The van der Waals surface area contributed by atoms with Crippen molar-refractivity contribution in [1.29, 1.82) is 0 Å². The first-order valence-corrected chi connectivity index (χ1v) is 4.72. The molecule has 1 aliphatic carbocycles. The van der Waals surface area contributed by atoms with Crippen molar-refractivity contribution in [2.45, 2.75) is 40.5 Å². The first kappa shape index (κ1) is 10.2. The molecule has 1 atom stereocenters. The highest BCUT2D eigenvalue weighted by molar-refractivity contribution is 5.86. The fourth-order valence-electron chi connectivity index (χ4n) is 1.85. The van der Waals surface area contributed by atoms with Crippen molar-refractivity contribution in [3.63, 3.8) is 0 Å². The number of hydrogen-bond donors (Lipinski definition) is 0. The Morgan fingerprint density at radius 1 is 1.38 bits per heavy atom. The van der Waals surface area contributed by atoms with Gasteiger partial charge in [-0.15, -0.1) is 0 Å². The summed E-state index contributed by atoms with van der Waals surface area (Å²) in [5, 5.41) is 0. The lowest BCUT2D eigenvalue weighted by Crippen LogP contribution is -2.30. The van der Waals surface area contributed by atoms with Gasteiger partial charge in [0.2, 0.25) is 0 Å². The van der Waals surface area contributed by atoms with Gasteiger partial charge in [-0.2, -0.15) is 0 Å². The van der Waals surface area contributed by atoms with E-state index in [0.717, 1.165) is 18.4 Å². The molecule has 0 aliphatic heterocycles. The molecule has 0 heterocycles. The van der Waals surface area contributed by atoms with Gasteiger partial charge in [-0.3, -0.25) is 4.79 Å². The molecule has 72 valence electrons. The van der Waals surface area contributed by atoms with Crippen LogP contribution in [0.4, 0.5) is 0 Å². The summed E-state index contributed by atoms with van der Waals surface area (Å²) in [4.78, 5) is 11.5. The second-order valence-corrected chi connectivity index (χ2v) is 4.41. The first-order chi connectivity index (χ1) is 5.88. The fraction of sp³-hybridized carbons (Fsp3) is 0.583. The van der Waals surface area contributed by atoms with Gasteiger partial charge in [0.1, 0.15) is 5.78 Å². The summed E-state index contributed by atoms with van der Waals surface area (Å²) < 4.78 is 0. The second kappa shape index (κ2) is 3.13. The summed E-state index contributed by atoms with van der Waals surface area (Å²) in [6.45, 7) is 11.9. The van der Waals surface area contributed by atoms with Crippen LogP contribution in [0.25, 0.3) is 0 Å². The van der Waals surface area contributed by atoms with Crippen molar-refractivity contribution < 1.29 is 4.79 Å². The van der Waals surface area contributed by atoms with Gasteiger partial charge in [0.05, 0.1) is 5.41 Å². The minimum Gasteiger partial charge on any atom is -0.299 e. The monoisotopic (exact) mass is 178 g/mol. The van der Waals surface area contributed by atoms with Gasteiger partial charge in [0.15, 0.2) is 0 Å². The van der Waals surface area contributed by atoms with E-state index < -0.39 is 0 Å². The topological polar surface area (TPSA) is 17.1 Å². The lowest BCUT2D eigenvalue weighted by molar-refractivity contribution is -0.124. The number of hydrogen-bond acceptors (Lipinski definition) is 1. The Morgan fingerprint density at radius 2 is 1.92 bits per heavy atom. The quantitative estimate of drug-likeness (QED) is 0.563. The maximum Gasteiger partial charge on any atom is 0.140 e. The van der Waals surface area contributed by atoms with Crippen LogP contribution < -0.4 is 0 Å². The number of rotatable bonds is 1. The Labute approximate surface area is 80.5 Å². The van der Waals surface area contributed by atoms with Crippen LogP contribution >= 0.6 is 0 Å². The highest BCUT2D eigenvalue weighted by atomic mass is 16.1. The summed E-state index contributed by atoms with van der Waals surface area (Å²) in [7, 11) is 0. The van der Waals surface area contributed by atoms with E-state index >= 15 is 0 Å². The number of allylic oxidation sites excluding steroid dienone is 3. The Bertz CT molecular complexity index is 296. The molecule has 0 saturated heterocycles. The summed E-state index contributed by atoms with van der Waals surface area (Å²) in [6, 6.07) is 0. The Kier molecular flexibility index (Phi) is 2.47. The van der Waals surface area contributed by atoms with E-state index in [1.165, 1.54) is 11.1 Å². The van der Waals surface area contributed by atoms with Crippen LogP contribution in [0.5, 0.6) is 0 Å². The van der Waals surface area contributed by atoms with Crippen LogP contribution in [0.1, 0.15) is 40.5 Å². The summed E-state index contributed by atoms with van der Waals surface area (Å²) >= 11 is 0. The lowest BCUT2D eigenvalue weighted by atomic mass is 9.68. The van der Waals surface area contributed by atoms with Crippen LogP contribution in [-0.4, -0.2) is 5.78 Å². The van der Waals surface area contributed by atoms with Gasteiger partial charge < -0.3 is 0 Å². The summed E-state index contributed by atoms with van der Waals surface area (Å²) in [5.74, 6) is 0.240. The van der Waals surface area contributed by atoms with Crippen molar-refractivity contribution in [2.24, 2.45) is 5.41 Å².